The molecule has 2 rings (SSSR count). The largest absolute Gasteiger partial charge is 0.481 e. The summed E-state index contributed by atoms with van der Waals surface area (Å²) in [7, 11) is 1.61. The van der Waals surface area contributed by atoms with E-state index in [1.165, 1.54) is 4.90 Å². The number of carboxylic acids is 1. The summed E-state index contributed by atoms with van der Waals surface area (Å²) in [5, 5.41) is 18.3. The molecule has 2 amide bonds. The van der Waals surface area contributed by atoms with Gasteiger partial charge in [0.05, 0.1) is 12.0 Å². The summed E-state index contributed by atoms with van der Waals surface area (Å²) in [5.41, 5.74) is -0.752. The minimum absolute atomic E-state index is 0.165. The molecular weight excluding hydrogens is 250 g/mol. The highest BCUT2D eigenvalue weighted by Crippen LogP contribution is 2.45. The van der Waals surface area contributed by atoms with Crippen LogP contribution in [-0.4, -0.2) is 50.8 Å². The molecule has 1 aliphatic carbocycles. The number of carbonyl (C=O) groups excluding carboxylic acids is 1. The zero-order valence-corrected chi connectivity index (χ0v) is 10.9. The Kier molecular flexibility index (Phi) is 3.41. The summed E-state index contributed by atoms with van der Waals surface area (Å²) in [6, 6.07) is -0.324. The van der Waals surface area contributed by atoms with Gasteiger partial charge in [0.1, 0.15) is 5.82 Å². The van der Waals surface area contributed by atoms with Gasteiger partial charge in [-0.2, -0.15) is 5.10 Å². The van der Waals surface area contributed by atoms with Crippen LogP contribution in [0.3, 0.4) is 0 Å². The molecule has 0 atom stereocenters. The Morgan fingerprint density at radius 3 is 2.68 bits per heavy atom. The number of carbonyl (C=O) groups is 2. The number of rotatable bonds is 5. The molecule has 0 unspecified atom stereocenters. The van der Waals surface area contributed by atoms with Gasteiger partial charge in [-0.1, -0.05) is 0 Å². The molecule has 3 N–H and O–H groups in total. The fraction of sp³-hybridized carbons (Fsp3) is 0.636. The molecule has 1 aliphatic rings. The number of carboxylic acid groups (broad SMARTS) is 1. The van der Waals surface area contributed by atoms with Gasteiger partial charge in [-0.3, -0.25) is 9.89 Å². The van der Waals surface area contributed by atoms with Crippen molar-refractivity contribution in [3.8, 4) is 0 Å². The number of H-pyrrole nitrogens is 1. The van der Waals surface area contributed by atoms with E-state index >= 15 is 0 Å². The number of hydrogen-bond acceptors (Lipinski definition) is 4. The quantitative estimate of drug-likeness (QED) is 0.701. The first-order chi connectivity index (χ1) is 8.93. The number of aromatic nitrogens is 3. The van der Waals surface area contributed by atoms with E-state index in [2.05, 4.69) is 20.5 Å². The number of nitrogens with one attached hydrogen (secondary N) is 2. The number of nitrogens with zero attached hydrogens (tertiary/aromatic N) is 3. The summed E-state index contributed by atoms with van der Waals surface area (Å²) in [6.07, 6.45) is 1.24. The number of aromatic amines is 1. The Hall–Kier alpha value is -2.12. The van der Waals surface area contributed by atoms with E-state index in [-0.39, 0.29) is 19.1 Å². The van der Waals surface area contributed by atoms with Crippen molar-refractivity contribution in [1.82, 2.24) is 25.4 Å². The van der Waals surface area contributed by atoms with Crippen LogP contribution in [-0.2, 0) is 11.3 Å². The van der Waals surface area contributed by atoms with Crippen LogP contribution in [0.2, 0.25) is 0 Å². The monoisotopic (exact) mass is 267 g/mol. The van der Waals surface area contributed by atoms with E-state index in [9.17, 15) is 9.59 Å². The molecule has 0 spiro atoms. The van der Waals surface area contributed by atoms with Crippen LogP contribution >= 0.6 is 0 Å². The third-order valence-corrected chi connectivity index (χ3v) is 3.25. The van der Waals surface area contributed by atoms with E-state index < -0.39 is 11.4 Å². The summed E-state index contributed by atoms with van der Waals surface area (Å²) in [4.78, 5) is 28.3. The van der Waals surface area contributed by atoms with Gasteiger partial charge in [0.25, 0.3) is 0 Å². The predicted molar refractivity (Wildman–Crippen MR) is 65.3 cm³/mol. The second-order valence-corrected chi connectivity index (χ2v) is 4.94. The van der Waals surface area contributed by atoms with E-state index in [0.29, 0.717) is 24.5 Å². The van der Waals surface area contributed by atoms with Gasteiger partial charge in [-0.15, -0.1) is 0 Å². The Morgan fingerprint density at radius 1 is 1.53 bits per heavy atom. The first-order valence-corrected chi connectivity index (χ1v) is 6.03. The minimum Gasteiger partial charge on any atom is -0.481 e. The molecule has 0 aromatic carbocycles. The van der Waals surface area contributed by atoms with Crippen molar-refractivity contribution in [3.05, 3.63) is 11.6 Å². The molecule has 0 bridgehead atoms. The molecule has 1 aromatic rings. The fourth-order valence-electron chi connectivity index (χ4n) is 1.74. The van der Waals surface area contributed by atoms with Crippen LogP contribution in [0.15, 0.2) is 0 Å². The van der Waals surface area contributed by atoms with Gasteiger partial charge in [-0.05, 0) is 19.8 Å². The van der Waals surface area contributed by atoms with E-state index in [1.807, 2.05) is 0 Å². The van der Waals surface area contributed by atoms with Crippen LogP contribution in [0.4, 0.5) is 4.79 Å². The van der Waals surface area contributed by atoms with E-state index in [1.54, 1.807) is 14.0 Å². The number of aryl methyl sites for hydroxylation is 1. The maximum Gasteiger partial charge on any atom is 0.317 e. The lowest BCUT2D eigenvalue weighted by Crippen LogP contribution is -2.41. The fourth-order valence-corrected chi connectivity index (χ4v) is 1.74. The molecule has 8 nitrogen and oxygen atoms in total. The van der Waals surface area contributed by atoms with E-state index in [0.717, 1.165) is 0 Å². The highest BCUT2D eigenvalue weighted by molar-refractivity contribution is 5.80. The van der Waals surface area contributed by atoms with Crippen molar-refractivity contribution < 1.29 is 14.7 Å². The zero-order valence-electron chi connectivity index (χ0n) is 10.9. The van der Waals surface area contributed by atoms with Crippen molar-refractivity contribution in [2.75, 3.05) is 13.6 Å². The number of hydrogen-bond donors (Lipinski definition) is 3. The topological polar surface area (TPSA) is 111 Å². The Balaban J connectivity index is 1.81. The average molecular weight is 267 g/mol. The highest BCUT2D eigenvalue weighted by Gasteiger charge is 2.50. The Labute approximate surface area is 110 Å². The SMILES string of the molecule is Cc1nc(CN(C)C(=O)NCC2(C(=O)O)CC2)n[nH]1. The Bertz CT molecular complexity index is 494. The van der Waals surface area contributed by atoms with Gasteiger partial charge >= 0.3 is 12.0 Å². The molecule has 0 aliphatic heterocycles. The van der Waals surface area contributed by atoms with Gasteiger partial charge < -0.3 is 15.3 Å². The summed E-state index contributed by atoms with van der Waals surface area (Å²) >= 11 is 0. The molecular formula is C11H17N5O3. The lowest BCUT2D eigenvalue weighted by Gasteiger charge is -2.18. The predicted octanol–water partition coefficient (Wildman–Crippen LogP) is 0.119. The van der Waals surface area contributed by atoms with Crippen LogP contribution < -0.4 is 5.32 Å². The van der Waals surface area contributed by atoms with Crippen molar-refractivity contribution >= 4 is 12.0 Å². The van der Waals surface area contributed by atoms with Gasteiger partial charge in [0, 0.05) is 13.6 Å². The maximum absolute atomic E-state index is 11.8. The maximum atomic E-state index is 11.8. The first-order valence-electron chi connectivity index (χ1n) is 6.03. The lowest BCUT2D eigenvalue weighted by molar-refractivity contribution is -0.143. The van der Waals surface area contributed by atoms with Crippen LogP contribution in [0.25, 0.3) is 0 Å². The summed E-state index contributed by atoms with van der Waals surface area (Å²) < 4.78 is 0. The molecule has 0 saturated heterocycles. The second kappa shape index (κ2) is 4.87. The molecule has 19 heavy (non-hydrogen) atoms. The highest BCUT2D eigenvalue weighted by atomic mass is 16.4. The first kappa shape index (κ1) is 13.3. The Morgan fingerprint density at radius 2 is 2.21 bits per heavy atom. The van der Waals surface area contributed by atoms with Gasteiger partial charge in [0.2, 0.25) is 0 Å². The third-order valence-electron chi connectivity index (χ3n) is 3.25. The van der Waals surface area contributed by atoms with Crippen molar-refractivity contribution in [1.29, 1.82) is 0 Å². The van der Waals surface area contributed by atoms with Crippen LogP contribution in [0, 0.1) is 12.3 Å². The van der Waals surface area contributed by atoms with Crippen molar-refractivity contribution in [2.45, 2.75) is 26.3 Å². The van der Waals surface area contributed by atoms with Gasteiger partial charge in [0.15, 0.2) is 5.82 Å². The zero-order chi connectivity index (χ0) is 14.0. The minimum atomic E-state index is -0.847. The number of aliphatic carboxylic acids is 1. The molecule has 8 heteroatoms. The molecule has 1 heterocycles. The lowest BCUT2D eigenvalue weighted by atomic mass is 10.1. The van der Waals surface area contributed by atoms with E-state index in [4.69, 9.17) is 5.11 Å². The smallest absolute Gasteiger partial charge is 0.317 e. The number of urea groups is 1. The third kappa shape index (κ3) is 3.01. The number of amides is 2. The molecule has 1 saturated carbocycles. The summed E-state index contributed by atoms with van der Waals surface area (Å²) in [6.45, 7) is 2.22. The van der Waals surface area contributed by atoms with Crippen LogP contribution in [0.5, 0.6) is 0 Å². The molecule has 1 fully saturated rings. The van der Waals surface area contributed by atoms with Crippen molar-refractivity contribution in [2.24, 2.45) is 5.41 Å². The molecule has 0 radical (unpaired) electrons. The van der Waals surface area contributed by atoms with Gasteiger partial charge in [-0.25, -0.2) is 9.78 Å². The normalized spacial score (nSPS) is 15.9. The average Bonchev–Trinajstić information content (AvgIpc) is 3.05. The standard InChI is InChI=1S/C11H17N5O3/c1-7-13-8(15-14-7)5-16(2)10(19)12-6-11(3-4-11)9(17)18/h3-6H2,1-2H3,(H,12,19)(H,17,18)(H,13,14,15). The molecule has 104 valence electrons. The summed E-state index contributed by atoms with van der Waals surface area (Å²) in [5.74, 6) is 0.362. The van der Waals surface area contributed by atoms with Crippen molar-refractivity contribution in [3.63, 3.8) is 0 Å². The molecule has 1 aromatic heterocycles. The van der Waals surface area contributed by atoms with Crippen LogP contribution in [0.1, 0.15) is 24.5 Å². The second-order valence-electron chi connectivity index (χ2n) is 4.94.